The molecule has 5 nitrogen and oxygen atoms in total. The molecule has 0 bridgehead atoms. The van der Waals surface area contributed by atoms with Crippen molar-refractivity contribution < 1.29 is 14.3 Å². The highest BCUT2D eigenvalue weighted by Gasteiger charge is 2.30. The first-order chi connectivity index (χ1) is 9.56. The Bertz CT molecular complexity index is 660. The van der Waals surface area contributed by atoms with E-state index in [2.05, 4.69) is 10.3 Å². The zero-order valence-corrected chi connectivity index (χ0v) is 11.4. The third-order valence-corrected chi connectivity index (χ3v) is 3.85. The Kier molecular flexibility index (Phi) is 3.15. The number of hydrogen-bond donors (Lipinski definition) is 2. The zero-order chi connectivity index (χ0) is 14.3. The van der Waals surface area contributed by atoms with Crippen molar-refractivity contribution >= 4 is 28.6 Å². The summed E-state index contributed by atoms with van der Waals surface area (Å²) < 4.78 is 14.1. The summed E-state index contributed by atoms with van der Waals surface area (Å²) in [6, 6.07) is 2.73. The molecule has 104 valence electrons. The Balaban J connectivity index is 1.91. The molecule has 1 aliphatic heterocycles. The number of carbonyl (C=O) groups excluding carboxylic acids is 1. The van der Waals surface area contributed by atoms with Gasteiger partial charge < -0.3 is 15.3 Å². The van der Waals surface area contributed by atoms with E-state index < -0.39 is 17.8 Å². The summed E-state index contributed by atoms with van der Waals surface area (Å²) in [6.07, 6.45) is -1.29. The molecular formula is C13H12FN3O2S. The molecule has 1 unspecified atom stereocenters. The van der Waals surface area contributed by atoms with Gasteiger partial charge in [0.25, 0.3) is 5.91 Å². The molecule has 1 aromatic carbocycles. The van der Waals surface area contributed by atoms with Crippen molar-refractivity contribution in [2.75, 3.05) is 17.3 Å². The SMILES string of the molecule is CN(Cc1cscn1)c1cc2c(cc1F)C(O)C(=O)N2. The van der Waals surface area contributed by atoms with Gasteiger partial charge in [0.15, 0.2) is 6.10 Å². The van der Waals surface area contributed by atoms with Gasteiger partial charge in [-0.05, 0) is 12.1 Å². The van der Waals surface area contributed by atoms with E-state index >= 15 is 0 Å². The van der Waals surface area contributed by atoms with Crippen molar-refractivity contribution in [3.63, 3.8) is 0 Å². The highest BCUT2D eigenvalue weighted by Crippen LogP contribution is 2.35. The molecule has 2 aromatic rings. The Hall–Kier alpha value is -1.99. The monoisotopic (exact) mass is 293 g/mol. The van der Waals surface area contributed by atoms with E-state index in [0.717, 1.165) is 5.69 Å². The molecule has 0 spiro atoms. The molecule has 20 heavy (non-hydrogen) atoms. The standard InChI is InChI=1S/C13H12FN3O2S/c1-17(4-7-5-20-6-15-7)11-3-10-8(2-9(11)14)12(18)13(19)16-10/h2-3,5-6,12,18H,4H2,1H3,(H,16,19). The van der Waals surface area contributed by atoms with E-state index in [1.54, 1.807) is 17.5 Å². The lowest BCUT2D eigenvalue weighted by atomic mass is 10.1. The summed E-state index contributed by atoms with van der Waals surface area (Å²) >= 11 is 1.48. The van der Waals surface area contributed by atoms with Gasteiger partial charge >= 0.3 is 0 Å². The molecule has 0 aliphatic carbocycles. The van der Waals surface area contributed by atoms with Crippen LogP contribution < -0.4 is 10.2 Å². The van der Waals surface area contributed by atoms with Crippen LogP contribution in [-0.4, -0.2) is 23.0 Å². The fourth-order valence-corrected chi connectivity index (χ4v) is 2.74. The average molecular weight is 293 g/mol. The fourth-order valence-electron chi connectivity index (χ4n) is 2.19. The van der Waals surface area contributed by atoms with Gasteiger partial charge in [-0.3, -0.25) is 4.79 Å². The van der Waals surface area contributed by atoms with Crippen molar-refractivity contribution in [3.8, 4) is 0 Å². The van der Waals surface area contributed by atoms with Gasteiger partial charge in [0, 0.05) is 23.7 Å². The Morgan fingerprint density at radius 3 is 3.05 bits per heavy atom. The molecule has 1 amide bonds. The van der Waals surface area contributed by atoms with Gasteiger partial charge in [0.05, 0.1) is 23.4 Å². The summed E-state index contributed by atoms with van der Waals surface area (Å²) in [4.78, 5) is 17.2. The van der Waals surface area contributed by atoms with Crippen molar-refractivity contribution in [2.24, 2.45) is 0 Å². The lowest BCUT2D eigenvalue weighted by Crippen LogP contribution is -2.18. The molecule has 0 fully saturated rings. The molecule has 0 saturated carbocycles. The Morgan fingerprint density at radius 2 is 2.35 bits per heavy atom. The van der Waals surface area contributed by atoms with E-state index in [1.807, 2.05) is 5.38 Å². The van der Waals surface area contributed by atoms with E-state index in [4.69, 9.17) is 0 Å². The van der Waals surface area contributed by atoms with Crippen LogP contribution in [0.4, 0.5) is 15.8 Å². The summed E-state index contributed by atoms with van der Waals surface area (Å²) in [7, 11) is 1.75. The number of hydrogen-bond acceptors (Lipinski definition) is 5. The third kappa shape index (κ3) is 2.14. The van der Waals surface area contributed by atoms with E-state index in [0.29, 0.717) is 17.9 Å². The Morgan fingerprint density at radius 1 is 1.55 bits per heavy atom. The molecule has 1 aromatic heterocycles. The zero-order valence-electron chi connectivity index (χ0n) is 10.6. The average Bonchev–Trinajstić information content (AvgIpc) is 3.00. The first-order valence-corrected chi connectivity index (χ1v) is 6.91. The van der Waals surface area contributed by atoms with Crippen molar-refractivity contribution in [1.82, 2.24) is 4.98 Å². The number of nitrogens with one attached hydrogen (secondary N) is 1. The molecule has 2 heterocycles. The quantitative estimate of drug-likeness (QED) is 0.907. The smallest absolute Gasteiger partial charge is 0.257 e. The number of rotatable bonds is 3. The summed E-state index contributed by atoms with van der Waals surface area (Å²) in [5.41, 5.74) is 3.65. The van der Waals surface area contributed by atoms with Gasteiger partial charge in [0.1, 0.15) is 5.82 Å². The molecule has 3 rings (SSSR count). The second-order valence-electron chi connectivity index (χ2n) is 4.62. The number of amides is 1. The number of aliphatic hydroxyl groups is 1. The van der Waals surface area contributed by atoms with E-state index in [1.165, 1.54) is 23.5 Å². The van der Waals surface area contributed by atoms with Crippen LogP contribution in [0.15, 0.2) is 23.0 Å². The molecule has 0 radical (unpaired) electrons. The number of nitrogens with zero attached hydrogens (tertiary/aromatic N) is 2. The van der Waals surface area contributed by atoms with Crippen LogP contribution in [0.2, 0.25) is 0 Å². The number of aromatic nitrogens is 1. The summed E-state index contributed by atoms with van der Waals surface area (Å²) in [5.74, 6) is -1.00. The number of benzene rings is 1. The van der Waals surface area contributed by atoms with Gasteiger partial charge in [-0.1, -0.05) is 0 Å². The number of thiazole rings is 1. The molecule has 1 aliphatic rings. The molecule has 1 atom stereocenters. The van der Waals surface area contributed by atoms with Crippen LogP contribution in [0.5, 0.6) is 0 Å². The summed E-state index contributed by atoms with van der Waals surface area (Å²) in [5, 5.41) is 14.0. The fraction of sp³-hybridized carbons (Fsp3) is 0.231. The van der Waals surface area contributed by atoms with Crippen LogP contribution in [0, 0.1) is 5.82 Å². The second kappa shape index (κ2) is 4.84. The largest absolute Gasteiger partial charge is 0.378 e. The van der Waals surface area contributed by atoms with Crippen LogP contribution in [0.3, 0.4) is 0 Å². The lowest BCUT2D eigenvalue weighted by molar-refractivity contribution is -0.123. The van der Waals surface area contributed by atoms with E-state index in [-0.39, 0.29) is 5.56 Å². The first-order valence-electron chi connectivity index (χ1n) is 5.97. The van der Waals surface area contributed by atoms with Crippen LogP contribution >= 0.6 is 11.3 Å². The summed E-state index contributed by atoms with van der Waals surface area (Å²) in [6.45, 7) is 0.468. The van der Waals surface area contributed by atoms with Gasteiger partial charge in [-0.15, -0.1) is 11.3 Å². The van der Waals surface area contributed by atoms with Crippen molar-refractivity contribution in [3.05, 3.63) is 40.1 Å². The van der Waals surface area contributed by atoms with Gasteiger partial charge in [0.2, 0.25) is 0 Å². The van der Waals surface area contributed by atoms with Gasteiger partial charge in [-0.25, -0.2) is 9.37 Å². The first kappa shape index (κ1) is 13.0. The maximum atomic E-state index is 14.1. The lowest BCUT2D eigenvalue weighted by Gasteiger charge is -2.19. The normalized spacial score (nSPS) is 16.9. The minimum absolute atomic E-state index is 0.276. The predicted molar refractivity (Wildman–Crippen MR) is 74.2 cm³/mol. The number of fused-ring (bicyclic) bond motifs is 1. The molecular weight excluding hydrogens is 281 g/mol. The molecule has 0 saturated heterocycles. The third-order valence-electron chi connectivity index (χ3n) is 3.21. The second-order valence-corrected chi connectivity index (χ2v) is 5.34. The van der Waals surface area contributed by atoms with Crippen LogP contribution in [0.1, 0.15) is 17.4 Å². The number of carbonyl (C=O) groups is 1. The minimum Gasteiger partial charge on any atom is -0.378 e. The van der Waals surface area contributed by atoms with E-state index in [9.17, 15) is 14.3 Å². The number of halogens is 1. The Labute approximate surface area is 118 Å². The van der Waals surface area contributed by atoms with Crippen molar-refractivity contribution in [1.29, 1.82) is 0 Å². The number of aliphatic hydroxyl groups excluding tert-OH is 1. The highest BCUT2D eigenvalue weighted by atomic mass is 32.1. The van der Waals surface area contributed by atoms with Crippen LogP contribution in [0.25, 0.3) is 0 Å². The highest BCUT2D eigenvalue weighted by molar-refractivity contribution is 7.07. The maximum absolute atomic E-state index is 14.1. The molecule has 2 N–H and O–H groups in total. The number of anilines is 2. The molecule has 7 heteroatoms. The predicted octanol–water partition coefficient (Wildman–Crippen LogP) is 1.90. The maximum Gasteiger partial charge on any atom is 0.257 e. The van der Waals surface area contributed by atoms with Gasteiger partial charge in [-0.2, -0.15) is 0 Å². The minimum atomic E-state index is -1.29. The van der Waals surface area contributed by atoms with Crippen molar-refractivity contribution in [2.45, 2.75) is 12.6 Å². The topological polar surface area (TPSA) is 65.5 Å². The van der Waals surface area contributed by atoms with Crippen LogP contribution in [-0.2, 0) is 11.3 Å².